The van der Waals surface area contributed by atoms with Gasteiger partial charge in [0.05, 0.1) is 6.54 Å². The number of hydrogen-bond donors (Lipinski definition) is 1. The van der Waals surface area contributed by atoms with Crippen molar-refractivity contribution < 1.29 is 9.59 Å². The molecule has 0 aromatic heterocycles. The highest BCUT2D eigenvalue weighted by Gasteiger charge is 1.84. The largest absolute Gasteiger partial charge is 0.310 e. The van der Waals surface area contributed by atoms with Crippen molar-refractivity contribution >= 4 is 12.6 Å². The molecule has 0 bridgehead atoms. The van der Waals surface area contributed by atoms with Gasteiger partial charge in [0.1, 0.15) is 6.29 Å². The number of hydrogen-bond acceptors (Lipinski definition) is 3. The summed E-state index contributed by atoms with van der Waals surface area (Å²) in [7, 11) is 0. The van der Waals surface area contributed by atoms with Gasteiger partial charge in [-0.15, -0.1) is 0 Å². The van der Waals surface area contributed by atoms with Gasteiger partial charge in [-0.1, -0.05) is 0 Å². The molecule has 51 valence electrons. The second-order valence-corrected chi connectivity index (χ2v) is 1.63. The lowest BCUT2D eigenvalue weighted by atomic mass is 10.3. The molecule has 0 aliphatic carbocycles. The average Bonchev–Trinajstić information content (AvgIpc) is 1.89. The van der Waals surface area contributed by atoms with Crippen molar-refractivity contribution in [3.63, 3.8) is 0 Å². The summed E-state index contributed by atoms with van der Waals surface area (Å²) in [6, 6.07) is 0. The summed E-state index contributed by atoms with van der Waals surface area (Å²) in [6.07, 6.45) is 3.92. The summed E-state index contributed by atoms with van der Waals surface area (Å²) in [5, 5.41) is 2.79. The first-order chi connectivity index (χ1) is 4.41. The fourth-order valence-electron chi connectivity index (χ4n) is 0.450. The molecule has 9 heavy (non-hydrogen) atoms. The Morgan fingerprint density at radius 2 is 2.33 bits per heavy atom. The molecule has 0 spiro atoms. The number of unbranched alkanes of at least 4 members (excludes halogenated alkanes) is 1. The minimum absolute atomic E-state index is 0.263. The van der Waals surface area contributed by atoms with E-state index in [2.05, 4.69) is 5.32 Å². The zero-order chi connectivity index (χ0) is 6.95. The molecule has 0 aliphatic rings. The second kappa shape index (κ2) is 7.30. The third-order valence-corrected chi connectivity index (χ3v) is 0.873. The molecule has 0 amide bonds. The predicted octanol–water partition coefficient (Wildman–Crippen LogP) is -0.335. The van der Waals surface area contributed by atoms with E-state index in [0.717, 1.165) is 12.7 Å². The van der Waals surface area contributed by atoms with Crippen molar-refractivity contribution in [2.24, 2.45) is 0 Å². The Bertz CT molecular complexity index is 73.1. The summed E-state index contributed by atoms with van der Waals surface area (Å²) < 4.78 is 0. The smallest absolute Gasteiger partial charge is 0.213 e. The highest BCUT2D eigenvalue weighted by Crippen LogP contribution is 1.78. The van der Waals surface area contributed by atoms with Gasteiger partial charge in [-0.05, 0) is 13.0 Å². The Morgan fingerprint density at radius 1 is 1.56 bits per heavy atom. The van der Waals surface area contributed by atoms with Gasteiger partial charge in [-0.3, -0.25) is 4.79 Å². The molecule has 3 nitrogen and oxygen atoms in total. The topological polar surface area (TPSA) is 46.2 Å². The van der Waals surface area contributed by atoms with E-state index < -0.39 is 0 Å². The Hall–Kier alpha value is -0.700. The standard InChI is InChI=1S/C6H10NO2/c8-5-2-1-3-7-4-6-9/h5,7H,1-4H2. The van der Waals surface area contributed by atoms with Gasteiger partial charge in [0.15, 0.2) is 0 Å². The van der Waals surface area contributed by atoms with Crippen molar-refractivity contribution in [2.45, 2.75) is 12.8 Å². The third-order valence-electron chi connectivity index (χ3n) is 0.873. The number of nitrogens with one attached hydrogen (secondary N) is 1. The van der Waals surface area contributed by atoms with Gasteiger partial charge in [0.25, 0.3) is 0 Å². The van der Waals surface area contributed by atoms with Crippen LogP contribution in [0.25, 0.3) is 0 Å². The lowest BCUT2D eigenvalue weighted by Crippen LogP contribution is -2.17. The quantitative estimate of drug-likeness (QED) is 0.393. The van der Waals surface area contributed by atoms with Gasteiger partial charge < -0.3 is 10.1 Å². The van der Waals surface area contributed by atoms with Crippen LogP contribution in [0, 0.1) is 0 Å². The molecule has 0 atom stereocenters. The van der Waals surface area contributed by atoms with Crippen LogP contribution in [-0.4, -0.2) is 25.7 Å². The molecule has 1 N–H and O–H groups in total. The Kier molecular flexibility index (Phi) is 6.73. The third kappa shape index (κ3) is 7.30. The SMILES string of the molecule is O=[C]CNCCCC=O. The van der Waals surface area contributed by atoms with Gasteiger partial charge in [-0.25, -0.2) is 0 Å². The highest BCUT2D eigenvalue weighted by atomic mass is 16.1. The molecule has 0 saturated heterocycles. The first-order valence-corrected chi connectivity index (χ1v) is 2.91. The molecule has 3 heteroatoms. The molecule has 0 aromatic carbocycles. The maximum Gasteiger partial charge on any atom is 0.213 e. The summed E-state index contributed by atoms with van der Waals surface area (Å²) >= 11 is 0. The monoisotopic (exact) mass is 128 g/mol. The summed E-state index contributed by atoms with van der Waals surface area (Å²) in [4.78, 5) is 19.3. The van der Waals surface area contributed by atoms with Crippen LogP contribution in [0.1, 0.15) is 12.8 Å². The first-order valence-electron chi connectivity index (χ1n) is 2.91. The fourth-order valence-corrected chi connectivity index (χ4v) is 0.450. The maximum absolute atomic E-state index is 9.73. The van der Waals surface area contributed by atoms with E-state index in [1.807, 2.05) is 0 Å². The van der Waals surface area contributed by atoms with Crippen LogP contribution < -0.4 is 5.32 Å². The highest BCUT2D eigenvalue weighted by molar-refractivity contribution is 5.52. The number of aldehydes is 1. The van der Waals surface area contributed by atoms with Crippen LogP contribution in [0.5, 0.6) is 0 Å². The van der Waals surface area contributed by atoms with Crippen LogP contribution in [0.3, 0.4) is 0 Å². The zero-order valence-corrected chi connectivity index (χ0v) is 5.22. The molecule has 0 saturated carbocycles. The lowest BCUT2D eigenvalue weighted by Gasteiger charge is -1.93. The minimum Gasteiger partial charge on any atom is -0.310 e. The lowest BCUT2D eigenvalue weighted by molar-refractivity contribution is -0.107. The molecule has 1 radical (unpaired) electrons. The van der Waals surface area contributed by atoms with E-state index in [4.69, 9.17) is 0 Å². The Balaban J connectivity index is 2.74. The number of carbonyl (C=O) groups excluding carboxylic acids is 2. The average molecular weight is 128 g/mol. The van der Waals surface area contributed by atoms with Crippen molar-refractivity contribution in [3.05, 3.63) is 0 Å². The minimum atomic E-state index is 0.263. The molecule has 0 aliphatic heterocycles. The van der Waals surface area contributed by atoms with Crippen LogP contribution >= 0.6 is 0 Å². The van der Waals surface area contributed by atoms with Gasteiger partial charge in [0, 0.05) is 6.42 Å². The van der Waals surface area contributed by atoms with E-state index in [-0.39, 0.29) is 6.54 Å². The molecular formula is C6H10NO2. The summed E-state index contributed by atoms with van der Waals surface area (Å²) in [5.41, 5.74) is 0. The van der Waals surface area contributed by atoms with E-state index in [1.54, 1.807) is 6.29 Å². The molecule has 0 unspecified atom stereocenters. The molecule has 0 aromatic rings. The van der Waals surface area contributed by atoms with E-state index in [9.17, 15) is 9.59 Å². The number of carbonyl (C=O) groups is 1. The van der Waals surface area contributed by atoms with Crippen molar-refractivity contribution in [2.75, 3.05) is 13.1 Å². The Labute approximate surface area is 54.4 Å². The zero-order valence-electron chi connectivity index (χ0n) is 5.22. The molecular weight excluding hydrogens is 118 g/mol. The van der Waals surface area contributed by atoms with E-state index >= 15 is 0 Å². The maximum atomic E-state index is 9.73. The fraction of sp³-hybridized carbons (Fsp3) is 0.667. The van der Waals surface area contributed by atoms with Crippen LogP contribution in [0.4, 0.5) is 0 Å². The van der Waals surface area contributed by atoms with Crippen LogP contribution in [-0.2, 0) is 9.59 Å². The van der Waals surface area contributed by atoms with Crippen molar-refractivity contribution in [1.29, 1.82) is 0 Å². The van der Waals surface area contributed by atoms with E-state index in [1.165, 1.54) is 0 Å². The first kappa shape index (κ1) is 8.30. The normalized spacial score (nSPS) is 8.89. The van der Waals surface area contributed by atoms with Crippen LogP contribution in [0.15, 0.2) is 0 Å². The van der Waals surface area contributed by atoms with Crippen molar-refractivity contribution in [1.82, 2.24) is 5.32 Å². The van der Waals surface area contributed by atoms with E-state index in [0.29, 0.717) is 13.0 Å². The Morgan fingerprint density at radius 3 is 2.89 bits per heavy atom. The predicted molar refractivity (Wildman–Crippen MR) is 33.9 cm³/mol. The van der Waals surface area contributed by atoms with Gasteiger partial charge in [0.2, 0.25) is 6.29 Å². The summed E-state index contributed by atoms with van der Waals surface area (Å²) in [5.74, 6) is 0. The second-order valence-electron chi connectivity index (χ2n) is 1.63. The molecule has 0 heterocycles. The summed E-state index contributed by atoms with van der Waals surface area (Å²) in [6.45, 7) is 0.979. The van der Waals surface area contributed by atoms with Gasteiger partial charge >= 0.3 is 0 Å². The molecule has 0 fully saturated rings. The van der Waals surface area contributed by atoms with Crippen LogP contribution in [0.2, 0.25) is 0 Å². The molecule has 0 rings (SSSR count). The number of rotatable bonds is 6. The van der Waals surface area contributed by atoms with Gasteiger partial charge in [-0.2, -0.15) is 0 Å². The van der Waals surface area contributed by atoms with Crippen molar-refractivity contribution in [3.8, 4) is 0 Å².